The van der Waals surface area contributed by atoms with Crippen LogP contribution in [0.1, 0.15) is 32.6 Å². The predicted molar refractivity (Wildman–Crippen MR) is 68.0 cm³/mol. The lowest BCUT2D eigenvalue weighted by Gasteiger charge is -2.31. The number of hydrogen-bond acceptors (Lipinski definition) is 2. The van der Waals surface area contributed by atoms with Crippen LogP contribution in [0.2, 0.25) is 0 Å². The van der Waals surface area contributed by atoms with Crippen LogP contribution >= 0.6 is 0 Å². The summed E-state index contributed by atoms with van der Waals surface area (Å²) in [6.07, 6.45) is 7.59. The highest BCUT2D eigenvalue weighted by Crippen LogP contribution is 2.17. The molecule has 1 fully saturated rings. The molecule has 100 valence electrons. The van der Waals surface area contributed by atoms with Gasteiger partial charge in [0, 0.05) is 25.6 Å². The number of carboxylic acid groups (broad SMARTS) is 1. The molecule has 0 spiro atoms. The molecule has 1 heterocycles. The molecule has 1 saturated heterocycles. The van der Waals surface area contributed by atoms with Gasteiger partial charge in [-0.15, -0.1) is 12.3 Å². The van der Waals surface area contributed by atoms with Gasteiger partial charge in [0.05, 0.1) is 5.92 Å². The van der Waals surface area contributed by atoms with E-state index in [-0.39, 0.29) is 18.0 Å². The molecule has 0 bridgehead atoms. The van der Waals surface area contributed by atoms with Gasteiger partial charge < -0.3 is 15.3 Å². The first-order valence-electron chi connectivity index (χ1n) is 6.30. The van der Waals surface area contributed by atoms with Gasteiger partial charge in [0.25, 0.3) is 0 Å². The second-order valence-electron chi connectivity index (χ2n) is 4.56. The molecular formula is C13H20N2O3. The van der Waals surface area contributed by atoms with Crippen molar-refractivity contribution in [3.8, 4) is 12.3 Å². The van der Waals surface area contributed by atoms with Crippen LogP contribution in [-0.2, 0) is 4.79 Å². The highest BCUT2D eigenvalue weighted by molar-refractivity contribution is 5.75. The number of likely N-dealkylation sites (tertiary alicyclic amines) is 1. The quantitative estimate of drug-likeness (QED) is 0.741. The summed E-state index contributed by atoms with van der Waals surface area (Å²) in [5, 5.41) is 11.8. The molecule has 5 heteroatoms. The molecule has 2 N–H and O–H groups in total. The van der Waals surface area contributed by atoms with Crippen LogP contribution in [0, 0.1) is 18.3 Å². The molecule has 5 nitrogen and oxygen atoms in total. The third kappa shape index (κ3) is 3.95. The number of amides is 2. The predicted octanol–water partition coefficient (Wildman–Crippen LogP) is 1.29. The fourth-order valence-electron chi connectivity index (χ4n) is 2.04. The second-order valence-corrected chi connectivity index (χ2v) is 4.56. The maximum Gasteiger partial charge on any atom is 0.317 e. The number of rotatable bonds is 4. The van der Waals surface area contributed by atoms with Crippen molar-refractivity contribution in [2.75, 3.05) is 13.1 Å². The molecule has 1 atom stereocenters. The number of carbonyl (C=O) groups excluding carboxylic acids is 1. The Hall–Kier alpha value is -1.70. The minimum Gasteiger partial charge on any atom is -0.481 e. The highest BCUT2D eigenvalue weighted by atomic mass is 16.4. The van der Waals surface area contributed by atoms with Gasteiger partial charge in [0.2, 0.25) is 0 Å². The van der Waals surface area contributed by atoms with Crippen LogP contribution in [0.15, 0.2) is 0 Å². The number of piperidine rings is 1. The number of urea groups is 1. The molecule has 1 aliphatic heterocycles. The van der Waals surface area contributed by atoms with Crippen LogP contribution in [0.3, 0.4) is 0 Å². The Morgan fingerprint density at radius 1 is 1.50 bits per heavy atom. The van der Waals surface area contributed by atoms with E-state index in [1.54, 1.807) is 4.90 Å². The minimum atomic E-state index is -0.770. The monoisotopic (exact) mass is 252 g/mol. The molecule has 0 radical (unpaired) electrons. The third-order valence-corrected chi connectivity index (χ3v) is 3.32. The molecule has 0 aromatic carbocycles. The van der Waals surface area contributed by atoms with Gasteiger partial charge in [-0.1, -0.05) is 6.92 Å². The van der Waals surface area contributed by atoms with Crippen molar-refractivity contribution in [1.82, 2.24) is 10.2 Å². The molecule has 0 aromatic heterocycles. The van der Waals surface area contributed by atoms with Crippen LogP contribution < -0.4 is 5.32 Å². The average molecular weight is 252 g/mol. The van der Waals surface area contributed by atoms with Gasteiger partial charge >= 0.3 is 12.0 Å². The summed E-state index contributed by atoms with van der Waals surface area (Å²) in [5.41, 5.74) is 0. The summed E-state index contributed by atoms with van der Waals surface area (Å²) in [6, 6.07) is -0.138. The van der Waals surface area contributed by atoms with Crippen molar-refractivity contribution in [2.45, 2.75) is 38.6 Å². The Morgan fingerprint density at radius 3 is 2.56 bits per heavy atom. The molecule has 1 aliphatic rings. The fourth-order valence-corrected chi connectivity index (χ4v) is 2.04. The molecule has 0 aliphatic carbocycles. The van der Waals surface area contributed by atoms with Crippen LogP contribution in [0.4, 0.5) is 4.79 Å². The van der Waals surface area contributed by atoms with Gasteiger partial charge in [-0.05, 0) is 19.3 Å². The number of aliphatic carboxylic acids is 1. The zero-order chi connectivity index (χ0) is 13.5. The van der Waals surface area contributed by atoms with Gasteiger partial charge in [0.15, 0.2) is 0 Å². The van der Waals surface area contributed by atoms with Crippen molar-refractivity contribution < 1.29 is 14.7 Å². The standard InChI is InChI=1S/C13H20N2O3/c1-3-5-11(4-2)14-13(18)15-8-6-10(7-9-15)12(16)17/h1,10-11H,4-9H2,2H3,(H,14,18)(H,16,17). The third-order valence-electron chi connectivity index (χ3n) is 3.32. The van der Waals surface area contributed by atoms with Crippen LogP contribution in [0.5, 0.6) is 0 Å². The number of carboxylic acids is 1. The lowest BCUT2D eigenvalue weighted by molar-refractivity contribution is -0.143. The van der Waals surface area contributed by atoms with E-state index in [0.717, 1.165) is 6.42 Å². The summed E-state index contributed by atoms with van der Waals surface area (Å²) < 4.78 is 0. The first kappa shape index (κ1) is 14.4. The molecule has 1 unspecified atom stereocenters. The Labute approximate surface area is 108 Å². The molecule has 0 saturated carbocycles. The van der Waals surface area contributed by atoms with Gasteiger partial charge in [-0.2, -0.15) is 0 Å². The number of terminal acetylenes is 1. The lowest BCUT2D eigenvalue weighted by Crippen LogP contribution is -2.48. The van der Waals surface area contributed by atoms with Gasteiger partial charge in [-0.3, -0.25) is 4.79 Å². The van der Waals surface area contributed by atoms with Crippen LogP contribution in [-0.4, -0.2) is 41.1 Å². The molecular weight excluding hydrogens is 232 g/mol. The Morgan fingerprint density at radius 2 is 2.11 bits per heavy atom. The van der Waals surface area contributed by atoms with Crippen molar-refractivity contribution in [2.24, 2.45) is 5.92 Å². The van der Waals surface area contributed by atoms with Crippen molar-refractivity contribution in [3.05, 3.63) is 0 Å². The highest BCUT2D eigenvalue weighted by Gasteiger charge is 2.27. The number of hydrogen-bond donors (Lipinski definition) is 2. The van der Waals surface area contributed by atoms with E-state index in [1.165, 1.54) is 0 Å². The largest absolute Gasteiger partial charge is 0.481 e. The summed E-state index contributed by atoms with van der Waals surface area (Å²) >= 11 is 0. The first-order chi connectivity index (χ1) is 8.58. The van der Waals surface area contributed by atoms with Gasteiger partial charge in [0.1, 0.15) is 0 Å². The topological polar surface area (TPSA) is 69.6 Å². The first-order valence-corrected chi connectivity index (χ1v) is 6.30. The summed E-state index contributed by atoms with van der Waals surface area (Å²) in [4.78, 5) is 24.4. The van der Waals surface area contributed by atoms with E-state index in [1.807, 2.05) is 6.92 Å². The zero-order valence-electron chi connectivity index (χ0n) is 10.7. The molecule has 2 amide bonds. The van der Waals surface area contributed by atoms with E-state index in [4.69, 9.17) is 11.5 Å². The zero-order valence-corrected chi connectivity index (χ0v) is 10.7. The summed E-state index contributed by atoms with van der Waals surface area (Å²) in [7, 11) is 0. The minimum absolute atomic E-state index is 0.000280. The van der Waals surface area contributed by atoms with Crippen molar-refractivity contribution >= 4 is 12.0 Å². The molecule has 18 heavy (non-hydrogen) atoms. The maximum atomic E-state index is 11.9. The normalized spacial score (nSPS) is 17.9. The van der Waals surface area contributed by atoms with Gasteiger partial charge in [-0.25, -0.2) is 4.79 Å². The number of carbonyl (C=O) groups is 2. The second kappa shape index (κ2) is 6.90. The number of nitrogens with zero attached hydrogens (tertiary/aromatic N) is 1. The average Bonchev–Trinajstić information content (AvgIpc) is 2.38. The summed E-state index contributed by atoms with van der Waals surface area (Å²) in [5.74, 6) is 1.45. The fraction of sp³-hybridized carbons (Fsp3) is 0.692. The Balaban J connectivity index is 2.40. The summed E-state index contributed by atoms with van der Waals surface area (Å²) in [6.45, 7) is 2.96. The van der Waals surface area contributed by atoms with E-state index >= 15 is 0 Å². The van der Waals surface area contributed by atoms with E-state index in [9.17, 15) is 9.59 Å². The molecule has 0 aromatic rings. The van der Waals surface area contributed by atoms with E-state index < -0.39 is 5.97 Å². The Kier molecular flexibility index (Phi) is 5.50. The Bertz CT molecular complexity index is 341. The molecule has 1 rings (SSSR count). The van der Waals surface area contributed by atoms with E-state index in [0.29, 0.717) is 32.4 Å². The van der Waals surface area contributed by atoms with Crippen molar-refractivity contribution in [3.63, 3.8) is 0 Å². The van der Waals surface area contributed by atoms with E-state index in [2.05, 4.69) is 11.2 Å². The maximum absolute atomic E-state index is 11.9. The lowest BCUT2D eigenvalue weighted by atomic mass is 9.97. The van der Waals surface area contributed by atoms with Crippen molar-refractivity contribution in [1.29, 1.82) is 0 Å². The SMILES string of the molecule is C#CCC(CC)NC(=O)N1CCC(C(=O)O)CC1. The smallest absolute Gasteiger partial charge is 0.317 e. The van der Waals surface area contributed by atoms with Crippen LogP contribution in [0.25, 0.3) is 0 Å². The number of nitrogens with one attached hydrogen (secondary N) is 1.